The lowest BCUT2D eigenvalue weighted by atomic mass is 9.91. The number of piperidine rings is 1. The van der Waals surface area contributed by atoms with E-state index in [0.29, 0.717) is 42.6 Å². The normalized spacial score (nSPS) is 14.7. The Hall–Kier alpha value is -5.06. The molecule has 0 radical (unpaired) electrons. The Morgan fingerprint density at radius 2 is 1.23 bits per heavy atom. The van der Waals surface area contributed by atoms with E-state index in [1.165, 1.54) is 0 Å². The predicted octanol–water partition coefficient (Wildman–Crippen LogP) is 8.73. The largest absolute Gasteiger partial charge is 0.349 e. The minimum absolute atomic E-state index is 0.0764. The molecule has 1 fully saturated rings. The molecule has 6 nitrogen and oxygen atoms in total. The molecule has 0 aliphatic carbocycles. The molecule has 7 rings (SSSR count). The number of benzene rings is 6. The number of nitrogens with zero attached hydrogens (tertiary/aromatic N) is 1. The Kier molecular flexibility index (Phi) is 8.45. The van der Waals surface area contributed by atoms with Crippen molar-refractivity contribution >= 4 is 57.1 Å². The third-order valence-corrected chi connectivity index (χ3v) is 11.3. The molecule has 0 aromatic heterocycles. The van der Waals surface area contributed by atoms with Crippen LogP contribution in [0.3, 0.4) is 0 Å². The second-order valence-corrected chi connectivity index (χ2v) is 16.5. The lowest BCUT2D eigenvalue weighted by molar-refractivity contribution is 0.0693. The van der Waals surface area contributed by atoms with Gasteiger partial charge in [-0.3, -0.25) is 14.4 Å². The smallest absolute Gasteiger partial charge is 0.254 e. The molecular formula is C41H37N2O4P. The van der Waals surface area contributed by atoms with Crippen molar-refractivity contribution in [2.75, 3.05) is 26.4 Å². The van der Waals surface area contributed by atoms with Crippen molar-refractivity contribution in [1.82, 2.24) is 10.2 Å². The Bertz CT molecular complexity index is 2260. The van der Waals surface area contributed by atoms with Crippen LogP contribution in [0.15, 0.2) is 121 Å². The van der Waals surface area contributed by atoms with Gasteiger partial charge in [-0.2, -0.15) is 0 Å². The number of hydrogen-bond acceptors (Lipinski definition) is 4. The highest BCUT2D eigenvalue weighted by atomic mass is 31.2. The summed E-state index contributed by atoms with van der Waals surface area (Å²) < 4.78 is 14.0. The highest BCUT2D eigenvalue weighted by Gasteiger charge is 2.37. The van der Waals surface area contributed by atoms with Gasteiger partial charge in [0.05, 0.1) is 12.7 Å². The lowest BCUT2D eigenvalue weighted by Crippen LogP contribution is -2.46. The first-order chi connectivity index (χ1) is 23.2. The van der Waals surface area contributed by atoms with Crippen LogP contribution in [0.1, 0.15) is 55.1 Å². The molecule has 1 aliphatic heterocycles. The summed E-state index contributed by atoms with van der Waals surface area (Å²) in [5.41, 5.74) is 1.01. The van der Waals surface area contributed by atoms with Gasteiger partial charge in [0.2, 0.25) is 0 Å². The summed E-state index contributed by atoms with van der Waals surface area (Å²) in [4.78, 5) is 43.9. The van der Waals surface area contributed by atoms with Crippen molar-refractivity contribution in [3.63, 3.8) is 0 Å². The standard InChI is InChI=1S/C41H37N2O4P/c1-48(2,47)39(35-17-9-15-28-11-7-8-16-34(28)35)38(44)36-25-30-13-5-6-14-31(30)26-37(36)41(46)43-22-20-33(21-23-43)42-40(45)32-19-18-27-10-3-4-12-29(27)24-32/h3-19,24-26,33,39H,20-23H2,1-2H3,(H,42,45). The fraction of sp³-hybridized carbons (Fsp3) is 0.195. The number of fused-ring (bicyclic) bond motifs is 3. The minimum Gasteiger partial charge on any atom is -0.349 e. The van der Waals surface area contributed by atoms with Crippen LogP contribution < -0.4 is 5.32 Å². The molecule has 0 bridgehead atoms. The van der Waals surface area contributed by atoms with E-state index in [2.05, 4.69) is 5.32 Å². The van der Waals surface area contributed by atoms with Crippen LogP contribution in [-0.4, -0.2) is 55.0 Å². The Balaban J connectivity index is 1.16. The predicted molar refractivity (Wildman–Crippen MR) is 195 cm³/mol. The van der Waals surface area contributed by atoms with Crippen molar-refractivity contribution in [2.45, 2.75) is 24.5 Å². The summed E-state index contributed by atoms with van der Waals surface area (Å²) >= 11 is 0. The monoisotopic (exact) mass is 652 g/mol. The summed E-state index contributed by atoms with van der Waals surface area (Å²) in [7, 11) is -3.04. The Morgan fingerprint density at radius 3 is 1.90 bits per heavy atom. The zero-order valence-electron chi connectivity index (χ0n) is 27.1. The molecule has 1 atom stereocenters. The van der Waals surface area contributed by atoms with Crippen molar-refractivity contribution in [2.24, 2.45) is 0 Å². The van der Waals surface area contributed by atoms with Gasteiger partial charge in [-0.15, -0.1) is 0 Å². The molecule has 7 heteroatoms. The number of nitrogens with one attached hydrogen (secondary N) is 1. The van der Waals surface area contributed by atoms with E-state index in [9.17, 15) is 18.9 Å². The Labute approximate surface area is 280 Å². The quantitative estimate of drug-likeness (QED) is 0.138. The fourth-order valence-electron chi connectivity index (χ4n) is 7.01. The molecular weight excluding hydrogens is 615 g/mol. The molecule has 0 spiro atoms. The number of likely N-dealkylation sites (tertiary alicyclic amines) is 1. The van der Waals surface area contributed by atoms with E-state index >= 15 is 0 Å². The van der Waals surface area contributed by atoms with E-state index in [1.807, 2.05) is 109 Å². The van der Waals surface area contributed by atoms with Gasteiger partial charge in [0.25, 0.3) is 11.8 Å². The first-order valence-corrected chi connectivity index (χ1v) is 19.0. The van der Waals surface area contributed by atoms with Crippen LogP contribution in [0, 0.1) is 0 Å². The third kappa shape index (κ3) is 6.16. The molecule has 48 heavy (non-hydrogen) atoms. The van der Waals surface area contributed by atoms with E-state index in [1.54, 1.807) is 30.4 Å². The number of amides is 2. The first-order valence-electron chi connectivity index (χ1n) is 16.4. The highest BCUT2D eigenvalue weighted by Crippen LogP contribution is 2.55. The molecule has 240 valence electrons. The number of carbonyl (C=O) groups excluding carboxylic acids is 3. The van der Waals surface area contributed by atoms with Crippen LogP contribution >= 0.6 is 7.14 Å². The average molecular weight is 653 g/mol. The molecule has 6 aromatic carbocycles. The molecule has 0 saturated carbocycles. The van der Waals surface area contributed by atoms with Gasteiger partial charge >= 0.3 is 0 Å². The topological polar surface area (TPSA) is 83.6 Å². The number of rotatable bonds is 7. The van der Waals surface area contributed by atoms with Gasteiger partial charge in [0.15, 0.2) is 5.78 Å². The summed E-state index contributed by atoms with van der Waals surface area (Å²) in [6, 6.07) is 38.4. The van der Waals surface area contributed by atoms with E-state index in [-0.39, 0.29) is 29.2 Å². The maximum absolute atomic E-state index is 14.7. The number of hydrogen-bond donors (Lipinski definition) is 1. The number of Topliss-reactive ketones (excluding diaryl/α,β-unsaturated/α-hetero) is 1. The van der Waals surface area contributed by atoms with E-state index < -0.39 is 12.8 Å². The van der Waals surface area contributed by atoms with Crippen LogP contribution in [0.5, 0.6) is 0 Å². The molecule has 6 aromatic rings. The van der Waals surface area contributed by atoms with Crippen molar-refractivity contribution < 1.29 is 18.9 Å². The molecule has 1 saturated heterocycles. The second-order valence-electron chi connectivity index (χ2n) is 13.1. The van der Waals surface area contributed by atoms with E-state index in [0.717, 1.165) is 32.3 Å². The maximum atomic E-state index is 14.7. The molecule has 1 unspecified atom stereocenters. The summed E-state index contributed by atoms with van der Waals surface area (Å²) in [5.74, 6) is -0.676. The van der Waals surface area contributed by atoms with Gasteiger partial charge in [-0.25, -0.2) is 0 Å². The zero-order valence-corrected chi connectivity index (χ0v) is 28.0. The van der Waals surface area contributed by atoms with Crippen LogP contribution in [0.4, 0.5) is 0 Å². The van der Waals surface area contributed by atoms with Gasteiger partial charge in [0.1, 0.15) is 5.66 Å². The van der Waals surface area contributed by atoms with Crippen molar-refractivity contribution in [1.29, 1.82) is 0 Å². The first kappa shape index (κ1) is 31.5. The molecule has 1 heterocycles. The SMILES string of the molecule is CP(C)(=O)C(C(=O)c1cc2ccccc2cc1C(=O)N1CCC(NC(=O)c2ccc3ccccc3c2)CC1)c1cccc2ccccc12. The zero-order chi connectivity index (χ0) is 33.4. The van der Waals surface area contributed by atoms with Gasteiger partial charge < -0.3 is 14.8 Å². The lowest BCUT2D eigenvalue weighted by Gasteiger charge is -2.33. The second kappa shape index (κ2) is 12.9. The maximum Gasteiger partial charge on any atom is 0.254 e. The van der Waals surface area contributed by atoms with Crippen LogP contribution in [0.25, 0.3) is 32.3 Å². The summed E-state index contributed by atoms with van der Waals surface area (Å²) in [6.07, 6.45) is 1.19. The molecule has 2 amide bonds. The highest BCUT2D eigenvalue weighted by molar-refractivity contribution is 7.63. The van der Waals surface area contributed by atoms with Crippen LogP contribution in [-0.2, 0) is 4.57 Å². The summed E-state index contributed by atoms with van der Waals surface area (Å²) in [5, 5.41) is 8.78. The Morgan fingerprint density at radius 1 is 0.667 bits per heavy atom. The molecule has 1 N–H and O–H groups in total. The van der Waals surface area contributed by atoms with Gasteiger partial charge in [-0.05, 0) is 88.3 Å². The van der Waals surface area contributed by atoms with Gasteiger partial charge in [-0.1, -0.05) is 97.1 Å². The van der Waals surface area contributed by atoms with E-state index in [4.69, 9.17) is 0 Å². The van der Waals surface area contributed by atoms with Crippen molar-refractivity contribution in [3.8, 4) is 0 Å². The van der Waals surface area contributed by atoms with Crippen LogP contribution in [0.2, 0.25) is 0 Å². The van der Waals surface area contributed by atoms with Gasteiger partial charge in [0, 0.05) is 30.3 Å². The van der Waals surface area contributed by atoms with Crippen molar-refractivity contribution in [3.05, 3.63) is 144 Å². The summed E-state index contributed by atoms with van der Waals surface area (Å²) in [6.45, 7) is 4.18. The third-order valence-electron chi connectivity index (χ3n) is 9.50. The average Bonchev–Trinajstić information content (AvgIpc) is 3.10. The number of ketones is 1. The fourth-order valence-corrected chi connectivity index (χ4v) is 8.61. The number of carbonyl (C=O) groups is 3. The minimum atomic E-state index is -3.04. The molecule has 1 aliphatic rings.